The van der Waals surface area contributed by atoms with E-state index >= 15 is 0 Å². The molecule has 0 aliphatic rings. The van der Waals surface area contributed by atoms with Crippen molar-refractivity contribution in [2.75, 3.05) is 20.3 Å². The molecule has 78 valence electrons. The van der Waals surface area contributed by atoms with Crippen LogP contribution in [0, 0.1) is 13.8 Å². The average molecular weight is 195 g/mol. The molecule has 0 aliphatic carbocycles. The van der Waals surface area contributed by atoms with Crippen LogP contribution >= 0.6 is 0 Å². The maximum atomic E-state index is 5.46. The van der Waals surface area contributed by atoms with Gasteiger partial charge in [-0.05, 0) is 31.0 Å². The van der Waals surface area contributed by atoms with Crippen molar-refractivity contribution in [3.05, 3.63) is 23.3 Å². The summed E-state index contributed by atoms with van der Waals surface area (Å²) >= 11 is 0. The van der Waals surface area contributed by atoms with E-state index in [0.717, 1.165) is 17.1 Å². The van der Waals surface area contributed by atoms with Gasteiger partial charge in [0, 0.05) is 6.54 Å². The Labute approximate surface area is 84.8 Å². The van der Waals surface area contributed by atoms with E-state index < -0.39 is 0 Å². The molecule has 3 heteroatoms. The summed E-state index contributed by atoms with van der Waals surface area (Å²) in [5.74, 6) is 1.57. The molecule has 0 aromatic heterocycles. The van der Waals surface area contributed by atoms with Crippen molar-refractivity contribution < 1.29 is 9.47 Å². The molecular formula is C11H17NO2. The van der Waals surface area contributed by atoms with Gasteiger partial charge in [0.2, 0.25) is 0 Å². The molecule has 0 heterocycles. The van der Waals surface area contributed by atoms with Crippen LogP contribution in [0.4, 0.5) is 0 Å². The summed E-state index contributed by atoms with van der Waals surface area (Å²) < 4.78 is 10.8. The van der Waals surface area contributed by atoms with Crippen LogP contribution in [0.15, 0.2) is 12.1 Å². The largest absolute Gasteiger partial charge is 0.493 e. The number of ether oxygens (including phenoxy) is 2. The third-order valence-electron chi connectivity index (χ3n) is 2.22. The first-order valence-electron chi connectivity index (χ1n) is 4.67. The second-order valence-corrected chi connectivity index (χ2v) is 3.18. The van der Waals surface area contributed by atoms with Gasteiger partial charge in [0.15, 0.2) is 11.5 Å². The summed E-state index contributed by atoms with van der Waals surface area (Å²) in [5.41, 5.74) is 7.68. The molecule has 1 aromatic carbocycles. The van der Waals surface area contributed by atoms with E-state index in [2.05, 4.69) is 0 Å². The van der Waals surface area contributed by atoms with Crippen molar-refractivity contribution in [1.29, 1.82) is 0 Å². The van der Waals surface area contributed by atoms with Crippen molar-refractivity contribution in [3.8, 4) is 11.5 Å². The first-order chi connectivity index (χ1) is 6.70. The van der Waals surface area contributed by atoms with Gasteiger partial charge in [-0.25, -0.2) is 0 Å². The van der Waals surface area contributed by atoms with E-state index in [4.69, 9.17) is 15.2 Å². The normalized spacial score (nSPS) is 10.0. The van der Waals surface area contributed by atoms with Gasteiger partial charge in [-0.15, -0.1) is 0 Å². The maximum Gasteiger partial charge on any atom is 0.163 e. The second-order valence-electron chi connectivity index (χ2n) is 3.18. The standard InChI is InChI=1S/C11H17NO2/c1-8-4-5-10(14-7-6-12)11(13-3)9(8)2/h4-5H,6-7,12H2,1-3H3. The second kappa shape index (κ2) is 4.86. The first-order valence-corrected chi connectivity index (χ1v) is 4.67. The Morgan fingerprint density at radius 1 is 1.29 bits per heavy atom. The third-order valence-corrected chi connectivity index (χ3v) is 2.22. The maximum absolute atomic E-state index is 5.46. The first kappa shape index (κ1) is 10.9. The summed E-state index contributed by atoms with van der Waals surface area (Å²) in [6, 6.07) is 3.93. The molecular weight excluding hydrogens is 178 g/mol. The van der Waals surface area contributed by atoms with Crippen LogP contribution in [0.25, 0.3) is 0 Å². The number of rotatable bonds is 4. The van der Waals surface area contributed by atoms with Gasteiger partial charge in [0.1, 0.15) is 6.61 Å². The van der Waals surface area contributed by atoms with Gasteiger partial charge >= 0.3 is 0 Å². The zero-order valence-corrected chi connectivity index (χ0v) is 8.96. The number of nitrogens with two attached hydrogens (primary N) is 1. The minimum Gasteiger partial charge on any atom is -0.493 e. The van der Waals surface area contributed by atoms with Gasteiger partial charge < -0.3 is 15.2 Å². The lowest BCUT2D eigenvalue weighted by Crippen LogP contribution is -2.11. The summed E-state index contributed by atoms with van der Waals surface area (Å²) in [6.45, 7) is 5.09. The molecule has 1 aromatic rings. The zero-order chi connectivity index (χ0) is 10.6. The van der Waals surface area contributed by atoms with E-state index in [9.17, 15) is 0 Å². The van der Waals surface area contributed by atoms with E-state index in [0.29, 0.717) is 13.2 Å². The molecule has 1 rings (SSSR count). The van der Waals surface area contributed by atoms with Gasteiger partial charge in [-0.2, -0.15) is 0 Å². The lowest BCUT2D eigenvalue weighted by Gasteiger charge is -2.13. The number of benzene rings is 1. The van der Waals surface area contributed by atoms with E-state index in [1.165, 1.54) is 5.56 Å². The Morgan fingerprint density at radius 2 is 2.00 bits per heavy atom. The molecule has 0 fully saturated rings. The Kier molecular flexibility index (Phi) is 3.77. The van der Waals surface area contributed by atoms with Crippen LogP contribution in [-0.4, -0.2) is 20.3 Å². The van der Waals surface area contributed by atoms with E-state index in [1.807, 2.05) is 26.0 Å². The molecule has 0 spiro atoms. The molecule has 0 amide bonds. The fourth-order valence-corrected chi connectivity index (χ4v) is 1.30. The van der Waals surface area contributed by atoms with Crippen LogP contribution < -0.4 is 15.2 Å². The van der Waals surface area contributed by atoms with Crippen LogP contribution in [-0.2, 0) is 0 Å². The summed E-state index contributed by atoms with van der Waals surface area (Å²) in [5, 5.41) is 0. The number of methoxy groups -OCH3 is 1. The number of aryl methyl sites for hydroxylation is 1. The van der Waals surface area contributed by atoms with Crippen LogP contribution in [0.5, 0.6) is 11.5 Å². The van der Waals surface area contributed by atoms with Gasteiger partial charge in [0.25, 0.3) is 0 Å². The molecule has 0 atom stereocenters. The number of hydrogen-bond acceptors (Lipinski definition) is 3. The summed E-state index contributed by atoms with van der Waals surface area (Å²) in [6.07, 6.45) is 0. The van der Waals surface area contributed by atoms with E-state index in [1.54, 1.807) is 7.11 Å². The molecule has 2 N–H and O–H groups in total. The lowest BCUT2D eigenvalue weighted by atomic mass is 10.1. The van der Waals surface area contributed by atoms with Crippen LogP contribution in [0.3, 0.4) is 0 Å². The van der Waals surface area contributed by atoms with Gasteiger partial charge in [-0.3, -0.25) is 0 Å². The Morgan fingerprint density at radius 3 is 2.57 bits per heavy atom. The van der Waals surface area contributed by atoms with Crippen LogP contribution in [0.1, 0.15) is 11.1 Å². The molecule has 0 aliphatic heterocycles. The van der Waals surface area contributed by atoms with Crippen molar-refractivity contribution in [3.63, 3.8) is 0 Å². The predicted molar refractivity (Wildman–Crippen MR) is 57.0 cm³/mol. The fourth-order valence-electron chi connectivity index (χ4n) is 1.30. The predicted octanol–water partition coefficient (Wildman–Crippen LogP) is 1.65. The average Bonchev–Trinajstić information content (AvgIpc) is 2.20. The number of hydrogen-bond donors (Lipinski definition) is 1. The highest BCUT2D eigenvalue weighted by molar-refractivity contribution is 5.49. The topological polar surface area (TPSA) is 44.5 Å². The lowest BCUT2D eigenvalue weighted by molar-refractivity contribution is 0.301. The van der Waals surface area contributed by atoms with Gasteiger partial charge in [-0.1, -0.05) is 6.07 Å². The van der Waals surface area contributed by atoms with Gasteiger partial charge in [0.05, 0.1) is 7.11 Å². The SMILES string of the molecule is COc1c(OCCN)ccc(C)c1C. The van der Waals surface area contributed by atoms with Crippen molar-refractivity contribution >= 4 is 0 Å². The van der Waals surface area contributed by atoms with Crippen molar-refractivity contribution in [1.82, 2.24) is 0 Å². The highest BCUT2D eigenvalue weighted by Crippen LogP contribution is 2.32. The fraction of sp³-hybridized carbons (Fsp3) is 0.455. The highest BCUT2D eigenvalue weighted by Gasteiger charge is 2.08. The molecule has 3 nitrogen and oxygen atoms in total. The Hall–Kier alpha value is -1.22. The Bertz CT molecular complexity index is 310. The summed E-state index contributed by atoms with van der Waals surface area (Å²) in [7, 11) is 1.65. The highest BCUT2D eigenvalue weighted by atomic mass is 16.5. The molecule has 0 saturated carbocycles. The third kappa shape index (κ3) is 2.17. The minimum atomic E-state index is 0.510. The molecule has 0 unspecified atom stereocenters. The molecule has 0 saturated heterocycles. The van der Waals surface area contributed by atoms with Crippen LogP contribution in [0.2, 0.25) is 0 Å². The molecule has 0 bridgehead atoms. The quantitative estimate of drug-likeness (QED) is 0.794. The molecule has 14 heavy (non-hydrogen) atoms. The summed E-state index contributed by atoms with van der Waals surface area (Å²) in [4.78, 5) is 0. The molecule has 0 radical (unpaired) electrons. The van der Waals surface area contributed by atoms with E-state index in [-0.39, 0.29) is 0 Å². The minimum absolute atomic E-state index is 0.510. The monoisotopic (exact) mass is 195 g/mol. The van der Waals surface area contributed by atoms with Crippen molar-refractivity contribution in [2.45, 2.75) is 13.8 Å². The zero-order valence-electron chi connectivity index (χ0n) is 8.96. The van der Waals surface area contributed by atoms with Crippen molar-refractivity contribution in [2.24, 2.45) is 5.73 Å². The smallest absolute Gasteiger partial charge is 0.163 e. The Balaban J connectivity index is 2.98.